The number of aromatic nitrogens is 1. The average molecular weight is 255 g/mol. The number of carbonyl (C=O) groups excluding carboxylic acids is 1. The van der Waals surface area contributed by atoms with E-state index in [-0.39, 0.29) is 23.9 Å². The van der Waals surface area contributed by atoms with Gasteiger partial charge in [0.05, 0.1) is 11.1 Å². The summed E-state index contributed by atoms with van der Waals surface area (Å²) in [5, 5.41) is 21.9. The Morgan fingerprint density at radius 3 is 2.83 bits per heavy atom. The number of hydrogen-bond acceptors (Lipinski definition) is 4. The van der Waals surface area contributed by atoms with E-state index in [1.54, 1.807) is 4.57 Å². The SMILES string of the molecule is CCn1cc([N+](=O)[O-])cc1C(=O)NCCCCO. The Hall–Kier alpha value is -1.89. The van der Waals surface area contributed by atoms with E-state index < -0.39 is 4.92 Å². The summed E-state index contributed by atoms with van der Waals surface area (Å²) in [6, 6.07) is 1.27. The van der Waals surface area contributed by atoms with Crippen LogP contribution < -0.4 is 5.32 Å². The molecule has 18 heavy (non-hydrogen) atoms. The van der Waals surface area contributed by atoms with Crippen LogP contribution in [-0.4, -0.2) is 33.7 Å². The molecule has 0 unspecified atom stereocenters. The number of amides is 1. The summed E-state index contributed by atoms with van der Waals surface area (Å²) in [4.78, 5) is 21.9. The fourth-order valence-corrected chi connectivity index (χ4v) is 1.58. The summed E-state index contributed by atoms with van der Waals surface area (Å²) in [5.74, 6) is -0.331. The van der Waals surface area contributed by atoms with Gasteiger partial charge in [0.25, 0.3) is 11.6 Å². The van der Waals surface area contributed by atoms with E-state index in [2.05, 4.69) is 5.32 Å². The maximum absolute atomic E-state index is 11.8. The molecular formula is C11H17N3O4. The van der Waals surface area contributed by atoms with E-state index in [1.807, 2.05) is 6.92 Å². The summed E-state index contributed by atoms with van der Waals surface area (Å²) in [5.41, 5.74) is 0.200. The van der Waals surface area contributed by atoms with Gasteiger partial charge in [0.15, 0.2) is 0 Å². The zero-order chi connectivity index (χ0) is 13.5. The van der Waals surface area contributed by atoms with Crippen molar-refractivity contribution in [2.24, 2.45) is 0 Å². The Balaban J connectivity index is 2.69. The lowest BCUT2D eigenvalue weighted by Crippen LogP contribution is -2.26. The van der Waals surface area contributed by atoms with Crippen molar-refractivity contribution < 1.29 is 14.8 Å². The highest BCUT2D eigenvalue weighted by atomic mass is 16.6. The van der Waals surface area contributed by atoms with Crippen LogP contribution in [0, 0.1) is 10.1 Å². The van der Waals surface area contributed by atoms with Gasteiger partial charge in [-0.15, -0.1) is 0 Å². The lowest BCUT2D eigenvalue weighted by molar-refractivity contribution is -0.384. The molecule has 0 aromatic carbocycles. The summed E-state index contributed by atoms with van der Waals surface area (Å²) < 4.78 is 1.54. The molecule has 1 aromatic heterocycles. The summed E-state index contributed by atoms with van der Waals surface area (Å²) in [6.07, 6.45) is 2.65. The number of aryl methyl sites for hydroxylation is 1. The lowest BCUT2D eigenvalue weighted by Gasteiger charge is -2.06. The van der Waals surface area contributed by atoms with Crippen molar-refractivity contribution in [3.63, 3.8) is 0 Å². The predicted octanol–water partition coefficient (Wildman–Crippen LogP) is 0.918. The number of carbonyl (C=O) groups is 1. The van der Waals surface area contributed by atoms with Gasteiger partial charge in [-0.25, -0.2) is 0 Å². The van der Waals surface area contributed by atoms with Crippen molar-refractivity contribution in [2.75, 3.05) is 13.2 Å². The minimum Gasteiger partial charge on any atom is -0.396 e. The van der Waals surface area contributed by atoms with Gasteiger partial charge in [0, 0.05) is 25.8 Å². The molecule has 1 heterocycles. The molecule has 0 fully saturated rings. The topological polar surface area (TPSA) is 97.4 Å². The quantitative estimate of drug-likeness (QED) is 0.430. The molecule has 1 rings (SSSR count). The first-order chi connectivity index (χ1) is 8.60. The van der Waals surface area contributed by atoms with Gasteiger partial charge >= 0.3 is 0 Å². The predicted molar refractivity (Wildman–Crippen MR) is 65.4 cm³/mol. The van der Waals surface area contributed by atoms with Crippen LogP contribution >= 0.6 is 0 Å². The Bertz CT molecular complexity index is 428. The van der Waals surface area contributed by atoms with Crippen LogP contribution in [0.25, 0.3) is 0 Å². The van der Waals surface area contributed by atoms with Crippen molar-refractivity contribution >= 4 is 11.6 Å². The van der Waals surface area contributed by atoms with Crippen molar-refractivity contribution in [1.82, 2.24) is 9.88 Å². The van der Waals surface area contributed by atoms with Gasteiger partial charge in [-0.2, -0.15) is 0 Å². The molecular weight excluding hydrogens is 238 g/mol. The van der Waals surface area contributed by atoms with E-state index in [0.29, 0.717) is 25.9 Å². The third-order valence-corrected chi connectivity index (χ3v) is 2.54. The molecule has 2 N–H and O–H groups in total. The van der Waals surface area contributed by atoms with Gasteiger partial charge in [-0.05, 0) is 19.8 Å². The summed E-state index contributed by atoms with van der Waals surface area (Å²) in [7, 11) is 0. The van der Waals surface area contributed by atoms with Crippen molar-refractivity contribution in [3.05, 3.63) is 28.1 Å². The molecule has 0 saturated heterocycles. The monoisotopic (exact) mass is 255 g/mol. The molecule has 0 aliphatic rings. The Labute approximate surface area is 105 Å². The third-order valence-electron chi connectivity index (χ3n) is 2.54. The molecule has 0 aliphatic carbocycles. The van der Waals surface area contributed by atoms with Crippen LogP contribution in [0.1, 0.15) is 30.3 Å². The molecule has 7 nitrogen and oxygen atoms in total. The van der Waals surface area contributed by atoms with E-state index >= 15 is 0 Å². The number of nitrogens with one attached hydrogen (secondary N) is 1. The summed E-state index contributed by atoms with van der Waals surface area (Å²) in [6.45, 7) is 2.84. The zero-order valence-electron chi connectivity index (χ0n) is 10.3. The largest absolute Gasteiger partial charge is 0.396 e. The first kappa shape index (κ1) is 14.2. The average Bonchev–Trinajstić information content (AvgIpc) is 2.78. The number of aliphatic hydroxyl groups is 1. The normalized spacial score (nSPS) is 10.3. The second kappa shape index (κ2) is 6.75. The maximum atomic E-state index is 11.8. The van der Waals surface area contributed by atoms with Crippen LogP contribution in [0.15, 0.2) is 12.3 Å². The highest BCUT2D eigenvalue weighted by molar-refractivity contribution is 5.93. The van der Waals surface area contributed by atoms with E-state index in [1.165, 1.54) is 12.3 Å². The first-order valence-corrected chi connectivity index (χ1v) is 5.83. The fourth-order valence-electron chi connectivity index (χ4n) is 1.58. The molecule has 0 bridgehead atoms. The zero-order valence-corrected chi connectivity index (χ0v) is 10.3. The van der Waals surface area contributed by atoms with Gasteiger partial charge in [0.1, 0.15) is 5.69 Å². The lowest BCUT2D eigenvalue weighted by atomic mass is 10.3. The number of hydrogen-bond donors (Lipinski definition) is 2. The second-order valence-electron chi connectivity index (χ2n) is 3.81. The van der Waals surface area contributed by atoms with Crippen LogP contribution in [-0.2, 0) is 6.54 Å². The Kier molecular flexibility index (Phi) is 5.31. The number of rotatable bonds is 7. The molecule has 0 spiro atoms. The number of nitro groups is 1. The molecule has 7 heteroatoms. The number of unbranched alkanes of at least 4 members (excludes halogenated alkanes) is 1. The highest BCUT2D eigenvalue weighted by Gasteiger charge is 2.17. The van der Waals surface area contributed by atoms with Crippen LogP contribution in [0.3, 0.4) is 0 Å². The second-order valence-corrected chi connectivity index (χ2v) is 3.81. The third kappa shape index (κ3) is 3.56. The van der Waals surface area contributed by atoms with Gasteiger partial charge < -0.3 is 15.0 Å². The van der Waals surface area contributed by atoms with E-state index in [0.717, 1.165) is 0 Å². The van der Waals surface area contributed by atoms with E-state index in [4.69, 9.17) is 5.11 Å². The molecule has 0 aliphatic heterocycles. The molecule has 0 radical (unpaired) electrons. The minimum absolute atomic E-state index is 0.0858. The Morgan fingerprint density at radius 2 is 2.28 bits per heavy atom. The Morgan fingerprint density at radius 1 is 1.56 bits per heavy atom. The number of aliphatic hydroxyl groups excluding tert-OH is 1. The van der Waals surface area contributed by atoms with Gasteiger partial charge in [-0.3, -0.25) is 14.9 Å². The molecule has 0 atom stereocenters. The maximum Gasteiger partial charge on any atom is 0.287 e. The van der Waals surface area contributed by atoms with Crippen molar-refractivity contribution in [2.45, 2.75) is 26.3 Å². The van der Waals surface area contributed by atoms with Crippen LogP contribution in [0.4, 0.5) is 5.69 Å². The van der Waals surface area contributed by atoms with Crippen LogP contribution in [0.2, 0.25) is 0 Å². The number of nitrogens with zero attached hydrogens (tertiary/aromatic N) is 2. The fraction of sp³-hybridized carbons (Fsp3) is 0.545. The minimum atomic E-state index is -0.519. The molecule has 100 valence electrons. The smallest absolute Gasteiger partial charge is 0.287 e. The standard InChI is InChI=1S/C11H17N3O4/c1-2-13-8-9(14(17)18)7-10(13)11(16)12-5-3-4-6-15/h7-8,15H,2-6H2,1H3,(H,12,16). The van der Waals surface area contributed by atoms with E-state index in [9.17, 15) is 14.9 Å². The molecule has 1 aromatic rings. The van der Waals surface area contributed by atoms with Crippen molar-refractivity contribution in [3.8, 4) is 0 Å². The summed E-state index contributed by atoms with van der Waals surface area (Å²) >= 11 is 0. The van der Waals surface area contributed by atoms with Crippen LogP contribution in [0.5, 0.6) is 0 Å². The van der Waals surface area contributed by atoms with Gasteiger partial charge in [-0.1, -0.05) is 0 Å². The molecule has 1 amide bonds. The first-order valence-electron chi connectivity index (χ1n) is 5.83. The van der Waals surface area contributed by atoms with Gasteiger partial charge in [0.2, 0.25) is 0 Å². The highest BCUT2D eigenvalue weighted by Crippen LogP contribution is 2.16. The van der Waals surface area contributed by atoms with Crippen molar-refractivity contribution in [1.29, 1.82) is 0 Å². The molecule has 0 saturated carbocycles.